The van der Waals surface area contributed by atoms with Crippen LogP contribution >= 0.6 is 0 Å². The first kappa shape index (κ1) is 21.9. The molecule has 2 aliphatic heterocycles. The topological polar surface area (TPSA) is 70.2 Å². The number of likely N-dealkylation sites (tertiary alicyclic amines) is 1. The molecule has 2 aliphatic rings. The predicted octanol–water partition coefficient (Wildman–Crippen LogP) is 4.21. The summed E-state index contributed by atoms with van der Waals surface area (Å²) in [6, 6.07) is 11.2. The SMILES string of the molecule is CC(=O)N1CCCC(c2cc(NC3=CC(C(F)(F)F)=CCN3)nc(-c3ccccc3)n2)C1. The molecule has 1 saturated heterocycles. The molecule has 1 aromatic heterocycles. The number of hydrogen-bond acceptors (Lipinski definition) is 5. The van der Waals surface area contributed by atoms with Gasteiger partial charge in [0.2, 0.25) is 5.91 Å². The second-order valence-corrected chi connectivity index (χ2v) is 7.89. The highest BCUT2D eigenvalue weighted by atomic mass is 19.4. The van der Waals surface area contributed by atoms with Gasteiger partial charge >= 0.3 is 6.18 Å². The smallest absolute Gasteiger partial charge is 0.368 e. The Morgan fingerprint density at radius 2 is 2.00 bits per heavy atom. The van der Waals surface area contributed by atoms with Gasteiger partial charge in [-0.25, -0.2) is 9.97 Å². The van der Waals surface area contributed by atoms with Crippen LogP contribution in [0.4, 0.5) is 19.0 Å². The van der Waals surface area contributed by atoms with E-state index in [0.717, 1.165) is 42.8 Å². The summed E-state index contributed by atoms with van der Waals surface area (Å²) in [6.45, 7) is 2.89. The van der Waals surface area contributed by atoms with Crippen LogP contribution in [0.3, 0.4) is 0 Å². The van der Waals surface area contributed by atoms with Crippen molar-refractivity contribution in [3.63, 3.8) is 0 Å². The lowest BCUT2D eigenvalue weighted by molar-refractivity contribution is -0.130. The Kier molecular flexibility index (Phi) is 6.16. The van der Waals surface area contributed by atoms with E-state index < -0.39 is 11.7 Å². The molecule has 9 heteroatoms. The molecule has 1 fully saturated rings. The summed E-state index contributed by atoms with van der Waals surface area (Å²) in [5.41, 5.74) is 0.856. The lowest BCUT2D eigenvalue weighted by Crippen LogP contribution is -2.38. The van der Waals surface area contributed by atoms with E-state index in [0.29, 0.717) is 18.2 Å². The number of hydrogen-bond donors (Lipinski definition) is 2. The number of alkyl halides is 3. The molecule has 0 bridgehead atoms. The van der Waals surface area contributed by atoms with Gasteiger partial charge in [-0.2, -0.15) is 13.2 Å². The van der Waals surface area contributed by atoms with E-state index in [-0.39, 0.29) is 24.2 Å². The zero-order valence-electron chi connectivity index (χ0n) is 17.6. The molecule has 4 rings (SSSR count). The van der Waals surface area contributed by atoms with E-state index >= 15 is 0 Å². The Labute approximate surface area is 184 Å². The van der Waals surface area contributed by atoms with Crippen LogP contribution in [-0.2, 0) is 4.79 Å². The Balaban J connectivity index is 1.68. The number of halogens is 3. The summed E-state index contributed by atoms with van der Waals surface area (Å²) >= 11 is 0. The highest BCUT2D eigenvalue weighted by molar-refractivity contribution is 5.73. The molecule has 1 atom stereocenters. The van der Waals surface area contributed by atoms with Crippen molar-refractivity contribution in [3.05, 3.63) is 65.6 Å². The largest absolute Gasteiger partial charge is 0.416 e. The van der Waals surface area contributed by atoms with Gasteiger partial charge in [0.05, 0.1) is 11.3 Å². The number of aromatic nitrogens is 2. The third kappa shape index (κ3) is 5.09. The number of carbonyl (C=O) groups excluding carboxylic acids is 1. The standard InChI is InChI=1S/C23H24F3N5O/c1-15(32)31-11-5-8-17(14-31)19-13-21(30-22(28-19)16-6-3-2-4-7-16)29-20-12-18(9-10-27-20)23(24,25)26/h2-4,6-7,9,12-13,17,27H,5,8,10-11,14H2,1H3,(H,28,29,30). The number of nitrogens with zero attached hydrogens (tertiary/aromatic N) is 3. The van der Waals surface area contributed by atoms with Gasteiger partial charge in [0.1, 0.15) is 11.6 Å². The van der Waals surface area contributed by atoms with Crippen LogP contribution < -0.4 is 10.6 Å². The Morgan fingerprint density at radius 3 is 2.72 bits per heavy atom. The van der Waals surface area contributed by atoms with Crippen molar-refractivity contribution >= 4 is 11.7 Å². The molecular formula is C23H24F3N5O. The van der Waals surface area contributed by atoms with E-state index in [9.17, 15) is 18.0 Å². The molecule has 0 spiro atoms. The molecule has 2 N–H and O–H groups in total. The maximum atomic E-state index is 13.1. The summed E-state index contributed by atoms with van der Waals surface area (Å²) in [7, 11) is 0. The first-order chi connectivity index (χ1) is 15.3. The molecule has 0 radical (unpaired) electrons. The van der Waals surface area contributed by atoms with Gasteiger partial charge in [0.15, 0.2) is 5.82 Å². The van der Waals surface area contributed by atoms with Gasteiger partial charge in [-0.15, -0.1) is 0 Å². The highest BCUT2D eigenvalue weighted by Crippen LogP contribution is 2.31. The van der Waals surface area contributed by atoms with Crippen LogP contribution in [0.25, 0.3) is 11.4 Å². The fourth-order valence-electron chi connectivity index (χ4n) is 3.91. The summed E-state index contributed by atoms with van der Waals surface area (Å²) in [6.07, 6.45) is -0.546. The summed E-state index contributed by atoms with van der Waals surface area (Å²) in [5, 5.41) is 5.89. The van der Waals surface area contributed by atoms with Gasteiger partial charge in [-0.1, -0.05) is 36.4 Å². The summed E-state index contributed by atoms with van der Waals surface area (Å²) in [5.74, 6) is 1.15. The lowest BCUT2D eigenvalue weighted by Gasteiger charge is -2.32. The van der Waals surface area contributed by atoms with Gasteiger partial charge in [0.25, 0.3) is 0 Å². The lowest BCUT2D eigenvalue weighted by atomic mass is 9.94. The van der Waals surface area contributed by atoms with Gasteiger partial charge < -0.3 is 15.5 Å². The van der Waals surface area contributed by atoms with E-state index in [2.05, 4.69) is 15.6 Å². The molecule has 2 aromatic rings. The van der Waals surface area contributed by atoms with E-state index in [1.165, 1.54) is 0 Å². The molecule has 1 amide bonds. The number of rotatable bonds is 4. The molecule has 1 unspecified atom stereocenters. The fraction of sp³-hybridized carbons (Fsp3) is 0.348. The van der Waals surface area contributed by atoms with Crippen LogP contribution in [-0.4, -0.2) is 46.6 Å². The highest BCUT2D eigenvalue weighted by Gasteiger charge is 2.33. The molecule has 6 nitrogen and oxygen atoms in total. The minimum absolute atomic E-state index is 0.0217. The minimum Gasteiger partial charge on any atom is -0.368 e. The average Bonchev–Trinajstić information content (AvgIpc) is 2.79. The van der Waals surface area contributed by atoms with Crippen LogP contribution in [0.2, 0.25) is 0 Å². The number of allylic oxidation sites excluding steroid dienone is 2. The average molecular weight is 443 g/mol. The number of piperidine rings is 1. The maximum absolute atomic E-state index is 13.1. The van der Waals surface area contributed by atoms with Crippen molar-refractivity contribution in [1.82, 2.24) is 20.2 Å². The van der Waals surface area contributed by atoms with Crippen LogP contribution in [0, 0.1) is 0 Å². The van der Waals surface area contributed by atoms with Gasteiger partial charge in [-0.3, -0.25) is 4.79 Å². The minimum atomic E-state index is -4.42. The number of anilines is 1. The normalized spacial score (nSPS) is 19.0. The molecular weight excluding hydrogens is 419 g/mol. The van der Waals surface area contributed by atoms with Crippen molar-refractivity contribution in [2.75, 3.05) is 25.0 Å². The van der Waals surface area contributed by atoms with Crippen LogP contribution in [0.5, 0.6) is 0 Å². The van der Waals surface area contributed by atoms with Crippen molar-refractivity contribution in [2.45, 2.75) is 31.9 Å². The first-order valence-corrected chi connectivity index (χ1v) is 10.5. The van der Waals surface area contributed by atoms with Gasteiger partial charge in [-0.05, 0) is 18.9 Å². The monoisotopic (exact) mass is 443 g/mol. The molecule has 3 heterocycles. The third-order valence-electron chi connectivity index (χ3n) is 5.57. The van der Waals surface area contributed by atoms with Crippen LogP contribution in [0.15, 0.2) is 59.9 Å². The van der Waals surface area contributed by atoms with E-state index in [4.69, 9.17) is 4.98 Å². The Morgan fingerprint density at radius 1 is 1.22 bits per heavy atom. The van der Waals surface area contributed by atoms with Gasteiger partial charge in [0, 0.05) is 44.1 Å². The van der Waals surface area contributed by atoms with E-state index in [1.54, 1.807) is 17.9 Å². The number of carbonyl (C=O) groups is 1. The number of benzene rings is 1. The molecule has 1 aromatic carbocycles. The zero-order chi connectivity index (χ0) is 22.7. The summed E-state index contributed by atoms with van der Waals surface area (Å²) in [4.78, 5) is 23.0. The van der Waals surface area contributed by atoms with Crippen molar-refractivity contribution in [3.8, 4) is 11.4 Å². The Bertz CT molecular complexity index is 1050. The first-order valence-electron chi connectivity index (χ1n) is 10.5. The third-order valence-corrected chi connectivity index (χ3v) is 5.57. The molecule has 32 heavy (non-hydrogen) atoms. The molecule has 168 valence electrons. The maximum Gasteiger partial charge on any atom is 0.416 e. The fourth-order valence-corrected chi connectivity index (χ4v) is 3.91. The second-order valence-electron chi connectivity index (χ2n) is 7.89. The predicted molar refractivity (Wildman–Crippen MR) is 116 cm³/mol. The van der Waals surface area contributed by atoms with Crippen LogP contribution in [0.1, 0.15) is 31.4 Å². The van der Waals surface area contributed by atoms with Crippen molar-refractivity contribution in [2.24, 2.45) is 0 Å². The number of nitrogens with one attached hydrogen (secondary N) is 2. The summed E-state index contributed by atoms with van der Waals surface area (Å²) < 4.78 is 39.4. The molecule has 0 saturated carbocycles. The quantitative estimate of drug-likeness (QED) is 0.741. The van der Waals surface area contributed by atoms with Crippen molar-refractivity contribution < 1.29 is 18.0 Å². The van der Waals surface area contributed by atoms with Crippen molar-refractivity contribution in [1.29, 1.82) is 0 Å². The molecule has 0 aliphatic carbocycles. The van der Waals surface area contributed by atoms with E-state index in [1.807, 2.05) is 30.3 Å². The number of dihydropyridines is 1. The number of amides is 1. The zero-order valence-corrected chi connectivity index (χ0v) is 17.6. The Hall–Kier alpha value is -3.36. The second kappa shape index (κ2) is 9.02.